The Labute approximate surface area is 107 Å². The summed E-state index contributed by atoms with van der Waals surface area (Å²) in [7, 11) is 0. The summed E-state index contributed by atoms with van der Waals surface area (Å²) < 4.78 is 0. The van der Waals surface area contributed by atoms with E-state index in [4.69, 9.17) is 0 Å². The molecule has 0 unspecified atom stereocenters. The molecule has 0 heteroatoms. The molecule has 0 fully saturated rings. The van der Waals surface area contributed by atoms with Crippen molar-refractivity contribution in [3.05, 3.63) is 65.7 Å². The standard InChI is InChI=1S/C18H14/c1-2-7-15-12-18-16(11-14(15)6-1)10-9-13-5-3-4-8-17(13)18/h1,3-6,8-12H,2,7H2. The van der Waals surface area contributed by atoms with Crippen LogP contribution in [0.2, 0.25) is 0 Å². The molecular formula is C18H14. The highest BCUT2D eigenvalue weighted by atomic mass is 14.1. The monoisotopic (exact) mass is 230 g/mol. The summed E-state index contributed by atoms with van der Waals surface area (Å²) >= 11 is 0. The fourth-order valence-electron chi connectivity index (χ4n) is 2.94. The van der Waals surface area contributed by atoms with E-state index in [1.54, 1.807) is 0 Å². The Balaban J connectivity index is 2.16. The molecular weight excluding hydrogens is 216 g/mol. The second kappa shape index (κ2) is 3.71. The zero-order chi connectivity index (χ0) is 11.9. The number of aryl methyl sites for hydroxylation is 1. The van der Waals surface area contributed by atoms with Crippen molar-refractivity contribution >= 4 is 27.6 Å². The molecule has 0 radical (unpaired) electrons. The quantitative estimate of drug-likeness (QED) is 0.479. The van der Waals surface area contributed by atoms with Crippen LogP contribution in [-0.2, 0) is 6.42 Å². The van der Waals surface area contributed by atoms with E-state index in [1.165, 1.54) is 45.5 Å². The molecule has 3 aromatic rings. The van der Waals surface area contributed by atoms with Gasteiger partial charge in [-0.2, -0.15) is 0 Å². The molecule has 0 heterocycles. The first-order valence-electron chi connectivity index (χ1n) is 6.53. The Morgan fingerprint density at radius 2 is 1.67 bits per heavy atom. The number of hydrogen-bond acceptors (Lipinski definition) is 0. The number of fused-ring (bicyclic) bond motifs is 4. The normalized spacial score (nSPS) is 14.0. The average Bonchev–Trinajstić information content (AvgIpc) is 2.45. The molecule has 4 rings (SSSR count). The molecule has 0 aromatic heterocycles. The minimum absolute atomic E-state index is 1.17. The maximum absolute atomic E-state index is 2.39. The second-order valence-corrected chi connectivity index (χ2v) is 5.00. The first kappa shape index (κ1) is 9.90. The van der Waals surface area contributed by atoms with Crippen LogP contribution in [0.4, 0.5) is 0 Å². The lowest BCUT2D eigenvalue weighted by atomic mass is 9.92. The third kappa shape index (κ3) is 1.39. The predicted octanol–water partition coefficient (Wildman–Crippen LogP) is 4.95. The molecule has 0 aliphatic heterocycles. The number of allylic oxidation sites excluding steroid dienone is 1. The molecule has 0 bridgehead atoms. The van der Waals surface area contributed by atoms with Crippen LogP contribution < -0.4 is 0 Å². The summed E-state index contributed by atoms with van der Waals surface area (Å²) in [5.74, 6) is 0. The molecule has 0 saturated carbocycles. The van der Waals surface area contributed by atoms with E-state index in [-0.39, 0.29) is 0 Å². The summed E-state index contributed by atoms with van der Waals surface area (Å²) in [6.07, 6.45) is 6.87. The molecule has 0 atom stereocenters. The van der Waals surface area contributed by atoms with Gasteiger partial charge in [-0.05, 0) is 57.6 Å². The van der Waals surface area contributed by atoms with Gasteiger partial charge in [0.15, 0.2) is 0 Å². The van der Waals surface area contributed by atoms with Crippen LogP contribution in [0, 0.1) is 0 Å². The molecule has 86 valence electrons. The van der Waals surface area contributed by atoms with Crippen LogP contribution in [-0.4, -0.2) is 0 Å². The maximum atomic E-state index is 2.39. The van der Waals surface area contributed by atoms with Crippen LogP contribution in [0.1, 0.15) is 17.5 Å². The van der Waals surface area contributed by atoms with Crippen molar-refractivity contribution in [2.75, 3.05) is 0 Å². The smallest absolute Gasteiger partial charge is 0.0102 e. The first-order chi connectivity index (χ1) is 8.92. The highest BCUT2D eigenvalue weighted by Gasteiger charge is 2.07. The van der Waals surface area contributed by atoms with Gasteiger partial charge in [0.2, 0.25) is 0 Å². The Kier molecular flexibility index (Phi) is 2.04. The Morgan fingerprint density at radius 3 is 2.67 bits per heavy atom. The third-order valence-corrected chi connectivity index (χ3v) is 3.88. The van der Waals surface area contributed by atoms with Crippen molar-refractivity contribution in [2.24, 2.45) is 0 Å². The van der Waals surface area contributed by atoms with Crippen LogP contribution >= 0.6 is 0 Å². The summed E-state index contributed by atoms with van der Waals surface area (Å²) in [5.41, 5.74) is 2.88. The lowest BCUT2D eigenvalue weighted by Crippen LogP contribution is -1.94. The van der Waals surface area contributed by atoms with Crippen LogP contribution in [0.5, 0.6) is 0 Å². The van der Waals surface area contributed by atoms with Crippen molar-refractivity contribution in [2.45, 2.75) is 12.8 Å². The van der Waals surface area contributed by atoms with E-state index in [2.05, 4.69) is 60.7 Å². The van der Waals surface area contributed by atoms with Gasteiger partial charge in [-0.25, -0.2) is 0 Å². The molecule has 0 nitrogen and oxygen atoms in total. The van der Waals surface area contributed by atoms with E-state index >= 15 is 0 Å². The number of rotatable bonds is 0. The van der Waals surface area contributed by atoms with E-state index in [0.29, 0.717) is 0 Å². The van der Waals surface area contributed by atoms with Gasteiger partial charge in [0, 0.05) is 0 Å². The molecule has 18 heavy (non-hydrogen) atoms. The second-order valence-electron chi connectivity index (χ2n) is 5.00. The van der Waals surface area contributed by atoms with Gasteiger partial charge in [0.1, 0.15) is 0 Å². The van der Waals surface area contributed by atoms with E-state index in [0.717, 1.165) is 0 Å². The minimum atomic E-state index is 1.17. The maximum Gasteiger partial charge on any atom is -0.0102 e. The summed E-state index contributed by atoms with van der Waals surface area (Å²) in [6, 6.07) is 17.8. The Hall–Kier alpha value is -2.08. The van der Waals surface area contributed by atoms with Crippen molar-refractivity contribution in [1.82, 2.24) is 0 Å². The molecule has 0 spiro atoms. The van der Waals surface area contributed by atoms with Gasteiger partial charge in [-0.1, -0.05) is 48.6 Å². The van der Waals surface area contributed by atoms with Gasteiger partial charge < -0.3 is 0 Å². The fraction of sp³-hybridized carbons (Fsp3) is 0.111. The topological polar surface area (TPSA) is 0 Å². The van der Waals surface area contributed by atoms with Gasteiger partial charge in [0.05, 0.1) is 0 Å². The number of hydrogen-bond donors (Lipinski definition) is 0. The average molecular weight is 230 g/mol. The van der Waals surface area contributed by atoms with Crippen molar-refractivity contribution < 1.29 is 0 Å². The SMILES string of the molecule is C1=Cc2cc3ccc4ccccc4c3cc2CC1. The summed E-state index contributed by atoms with van der Waals surface area (Å²) in [4.78, 5) is 0. The molecule has 1 aliphatic rings. The number of benzene rings is 3. The van der Waals surface area contributed by atoms with Crippen molar-refractivity contribution in [1.29, 1.82) is 0 Å². The van der Waals surface area contributed by atoms with E-state index in [9.17, 15) is 0 Å². The highest BCUT2D eigenvalue weighted by Crippen LogP contribution is 2.30. The Morgan fingerprint density at radius 1 is 0.778 bits per heavy atom. The van der Waals surface area contributed by atoms with E-state index in [1.807, 2.05) is 0 Å². The zero-order valence-electron chi connectivity index (χ0n) is 10.2. The molecule has 1 aliphatic carbocycles. The molecule has 0 N–H and O–H groups in total. The summed E-state index contributed by atoms with van der Waals surface area (Å²) in [6.45, 7) is 0. The van der Waals surface area contributed by atoms with Gasteiger partial charge in [0.25, 0.3) is 0 Å². The predicted molar refractivity (Wildman–Crippen MR) is 78.8 cm³/mol. The third-order valence-electron chi connectivity index (χ3n) is 3.88. The van der Waals surface area contributed by atoms with Gasteiger partial charge in [-0.15, -0.1) is 0 Å². The van der Waals surface area contributed by atoms with Crippen LogP contribution in [0.25, 0.3) is 27.6 Å². The lowest BCUT2D eigenvalue weighted by Gasteiger charge is -2.13. The molecule has 0 amide bonds. The summed E-state index contributed by atoms with van der Waals surface area (Å²) in [5, 5.41) is 5.44. The fourth-order valence-corrected chi connectivity index (χ4v) is 2.94. The first-order valence-corrected chi connectivity index (χ1v) is 6.53. The Bertz CT molecular complexity index is 778. The highest BCUT2D eigenvalue weighted by molar-refractivity contribution is 6.08. The van der Waals surface area contributed by atoms with Gasteiger partial charge >= 0.3 is 0 Å². The van der Waals surface area contributed by atoms with Crippen LogP contribution in [0.3, 0.4) is 0 Å². The van der Waals surface area contributed by atoms with E-state index < -0.39 is 0 Å². The largest absolute Gasteiger partial charge is 0.0836 e. The molecule has 0 saturated heterocycles. The van der Waals surface area contributed by atoms with Crippen molar-refractivity contribution in [3.8, 4) is 0 Å². The molecule has 3 aromatic carbocycles. The zero-order valence-corrected chi connectivity index (χ0v) is 10.2. The van der Waals surface area contributed by atoms with Crippen molar-refractivity contribution in [3.63, 3.8) is 0 Å². The minimum Gasteiger partial charge on any atom is -0.0836 e. The lowest BCUT2D eigenvalue weighted by molar-refractivity contribution is 0.989. The van der Waals surface area contributed by atoms with Gasteiger partial charge in [-0.3, -0.25) is 0 Å². The van der Waals surface area contributed by atoms with Crippen LogP contribution in [0.15, 0.2) is 54.6 Å².